The smallest absolute Gasteiger partial charge is 0.324 e. The fraction of sp³-hybridized carbons (Fsp3) is 0.300. The highest BCUT2D eigenvalue weighted by molar-refractivity contribution is 5.78. The highest BCUT2D eigenvalue weighted by atomic mass is 16.6. The predicted molar refractivity (Wildman–Crippen MR) is 89.7 cm³/mol. The summed E-state index contributed by atoms with van der Waals surface area (Å²) in [6.07, 6.45) is 0. The topological polar surface area (TPSA) is 50.1 Å². The number of ether oxygens (including phenoxy) is 1. The van der Waals surface area contributed by atoms with Gasteiger partial charge in [0.1, 0.15) is 5.60 Å². The van der Waals surface area contributed by atoms with E-state index in [9.17, 15) is 10.1 Å². The zero-order chi connectivity index (χ0) is 16.9. The second kappa shape index (κ2) is 7.11. The van der Waals surface area contributed by atoms with Crippen LogP contribution >= 0.6 is 0 Å². The minimum absolute atomic E-state index is 0.350. The first-order chi connectivity index (χ1) is 10.9. The first-order valence-corrected chi connectivity index (χ1v) is 7.65. The Kier molecular flexibility index (Phi) is 5.18. The molecule has 2 aromatic rings. The Balaban J connectivity index is 2.44. The van der Waals surface area contributed by atoms with Gasteiger partial charge < -0.3 is 4.74 Å². The molecular weight excluding hydrogens is 286 g/mol. The predicted octanol–water partition coefficient (Wildman–Crippen LogP) is 4.30. The Morgan fingerprint density at radius 1 is 0.957 bits per heavy atom. The first-order valence-electron chi connectivity index (χ1n) is 7.65. The summed E-state index contributed by atoms with van der Waals surface area (Å²) in [7, 11) is 0. The Labute approximate surface area is 137 Å². The molecule has 1 unspecified atom stereocenters. The number of hydrogen-bond donors (Lipinski definition) is 0. The van der Waals surface area contributed by atoms with E-state index in [0.29, 0.717) is 0 Å². The molecule has 0 aliphatic carbocycles. The number of nitrogens with zero attached hydrogens (tertiary/aromatic N) is 1. The van der Waals surface area contributed by atoms with E-state index in [-0.39, 0.29) is 5.92 Å². The molecule has 1 atom stereocenters. The van der Waals surface area contributed by atoms with Crippen molar-refractivity contribution in [1.29, 1.82) is 5.26 Å². The maximum atomic E-state index is 12.5. The number of hydrogen-bond acceptors (Lipinski definition) is 3. The van der Waals surface area contributed by atoms with Crippen molar-refractivity contribution in [3.8, 4) is 6.07 Å². The average Bonchev–Trinajstić information content (AvgIpc) is 2.52. The van der Waals surface area contributed by atoms with Gasteiger partial charge >= 0.3 is 5.97 Å². The number of esters is 1. The maximum Gasteiger partial charge on any atom is 0.324 e. The van der Waals surface area contributed by atoms with E-state index < -0.39 is 17.5 Å². The summed E-state index contributed by atoms with van der Waals surface area (Å²) in [6.45, 7) is 5.41. The number of benzene rings is 2. The lowest BCUT2D eigenvalue weighted by atomic mass is 9.81. The van der Waals surface area contributed by atoms with Crippen molar-refractivity contribution in [2.24, 2.45) is 5.92 Å². The van der Waals surface area contributed by atoms with Crippen LogP contribution in [0.1, 0.15) is 37.8 Å². The van der Waals surface area contributed by atoms with Gasteiger partial charge in [0.15, 0.2) is 5.92 Å². The Hall–Kier alpha value is -2.60. The molecule has 3 heteroatoms. The molecule has 0 aliphatic rings. The average molecular weight is 307 g/mol. The third-order valence-corrected chi connectivity index (χ3v) is 3.45. The van der Waals surface area contributed by atoms with Crippen LogP contribution < -0.4 is 0 Å². The van der Waals surface area contributed by atoms with Gasteiger partial charge in [-0.1, -0.05) is 60.7 Å². The molecule has 23 heavy (non-hydrogen) atoms. The van der Waals surface area contributed by atoms with E-state index in [0.717, 1.165) is 11.1 Å². The molecule has 3 nitrogen and oxygen atoms in total. The molecule has 118 valence electrons. The van der Waals surface area contributed by atoms with Gasteiger partial charge in [-0.05, 0) is 31.9 Å². The van der Waals surface area contributed by atoms with Crippen molar-refractivity contribution in [3.63, 3.8) is 0 Å². The number of carbonyl (C=O) groups is 1. The maximum absolute atomic E-state index is 12.5. The lowest BCUT2D eigenvalue weighted by Crippen LogP contribution is -2.31. The van der Waals surface area contributed by atoms with E-state index in [1.165, 1.54) is 0 Å². The van der Waals surface area contributed by atoms with E-state index in [1.54, 1.807) is 20.8 Å². The van der Waals surface area contributed by atoms with Gasteiger partial charge in [-0.25, -0.2) is 0 Å². The normalized spacial score (nSPS) is 12.5. The fourth-order valence-corrected chi connectivity index (χ4v) is 2.53. The van der Waals surface area contributed by atoms with Crippen LogP contribution in [0.3, 0.4) is 0 Å². The first kappa shape index (κ1) is 16.8. The van der Waals surface area contributed by atoms with Gasteiger partial charge in [-0.15, -0.1) is 0 Å². The molecule has 0 heterocycles. The van der Waals surface area contributed by atoms with Crippen LogP contribution in [0.25, 0.3) is 0 Å². The number of rotatable bonds is 4. The van der Waals surface area contributed by atoms with Crippen molar-refractivity contribution in [3.05, 3.63) is 71.8 Å². The molecular formula is C20H21NO2. The molecule has 0 spiro atoms. The third kappa shape index (κ3) is 4.43. The summed E-state index contributed by atoms with van der Waals surface area (Å²) in [5.41, 5.74) is 1.23. The highest BCUT2D eigenvalue weighted by Gasteiger charge is 2.34. The van der Waals surface area contributed by atoms with E-state index in [4.69, 9.17) is 4.74 Å². The molecule has 0 saturated heterocycles. The summed E-state index contributed by atoms with van der Waals surface area (Å²) in [5, 5.41) is 9.64. The molecule has 2 aromatic carbocycles. The minimum Gasteiger partial charge on any atom is -0.459 e. The van der Waals surface area contributed by atoms with Gasteiger partial charge in [-0.2, -0.15) is 5.26 Å². The molecule has 0 fully saturated rings. The van der Waals surface area contributed by atoms with Gasteiger partial charge in [0, 0.05) is 5.92 Å². The van der Waals surface area contributed by atoms with Crippen molar-refractivity contribution in [1.82, 2.24) is 0 Å². The monoisotopic (exact) mass is 307 g/mol. The third-order valence-electron chi connectivity index (χ3n) is 3.45. The molecule has 0 aliphatic heterocycles. The van der Waals surface area contributed by atoms with Crippen molar-refractivity contribution in [2.75, 3.05) is 0 Å². The van der Waals surface area contributed by atoms with Crippen molar-refractivity contribution >= 4 is 5.97 Å². The minimum atomic E-state index is -0.890. The number of carbonyl (C=O) groups excluding carboxylic acids is 1. The Bertz CT molecular complexity index is 642. The van der Waals surface area contributed by atoms with Crippen LogP contribution in [0, 0.1) is 17.2 Å². The standard InChI is InChI=1S/C20H21NO2/c1-20(2,3)23-19(22)17(14-21)18(15-10-6-4-7-11-15)16-12-8-5-9-13-16/h4-13,17-18H,1-3H3. The number of nitriles is 1. The zero-order valence-electron chi connectivity index (χ0n) is 13.7. The summed E-state index contributed by atoms with van der Waals surface area (Å²) < 4.78 is 5.45. The van der Waals surface area contributed by atoms with Gasteiger partial charge in [-0.3, -0.25) is 4.79 Å². The van der Waals surface area contributed by atoms with Crippen molar-refractivity contribution < 1.29 is 9.53 Å². The highest BCUT2D eigenvalue weighted by Crippen LogP contribution is 2.33. The van der Waals surface area contributed by atoms with Gasteiger partial charge in [0.25, 0.3) is 0 Å². The van der Waals surface area contributed by atoms with E-state index >= 15 is 0 Å². The van der Waals surface area contributed by atoms with E-state index in [2.05, 4.69) is 6.07 Å². The fourth-order valence-electron chi connectivity index (χ4n) is 2.53. The van der Waals surface area contributed by atoms with Crippen molar-refractivity contribution in [2.45, 2.75) is 32.3 Å². The van der Waals surface area contributed by atoms with Gasteiger partial charge in [0.2, 0.25) is 0 Å². The van der Waals surface area contributed by atoms with Crippen LogP contribution in [0.5, 0.6) is 0 Å². The second-order valence-corrected chi connectivity index (χ2v) is 6.44. The molecule has 0 amide bonds. The zero-order valence-corrected chi connectivity index (χ0v) is 13.7. The van der Waals surface area contributed by atoms with Crippen LogP contribution in [0.2, 0.25) is 0 Å². The largest absolute Gasteiger partial charge is 0.459 e. The lowest BCUT2D eigenvalue weighted by molar-refractivity contribution is -0.158. The molecule has 0 bridgehead atoms. The van der Waals surface area contributed by atoms with Crippen LogP contribution in [0.15, 0.2) is 60.7 Å². The quantitative estimate of drug-likeness (QED) is 0.791. The Morgan fingerprint density at radius 3 is 1.74 bits per heavy atom. The van der Waals surface area contributed by atoms with Gasteiger partial charge in [0.05, 0.1) is 6.07 Å². The summed E-state index contributed by atoms with van der Waals surface area (Å²) >= 11 is 0. The molecule has 0 radical (unpaired) electrons. The molecule has 0 aromatic heterocycles. The molecule has 0 saturated carbocycles. The lowest BCUT2D eigenvalue weighted by Gasteiger charge is -2.26. The van der Waals surface area contributed by atoms with Crippen LogP contribution in [-0.4, -0.2) is 11.6 Å². The molecule has 2 rings (SSSR count). The summed E-state index contributed by atoms with van der Waals surface area (Å²) in [5.74, 6) is -1.73. The van der Waals surface area contributed by atoms with Crippen LogP contribution in [-0.2, 0) is 9.53 Å². The molecule has 0 N–H and O–H groups in total. The van der Waals surface area contributed by atoms with Crippen LogP contribution in [0.4, 0.5) is 0 Å². The van der Waals surface area contributed by atoms with E-state index in [1.807, 2.05) is 60.7 Å². The SMILES string of the molecule is CC(C)(C)OC(=O)C(C#N)C(c1ccccc1)c1ccccc1. The Morgan fingerprint density at radius 2 is 1.39 bits per heavy atom. The second-order valence-electron chi connectivity index (χ2n) is 6.44. The summed E-state index contributed by atoms with van der Waals surface area (Å²) in [6, 6.07) is 21.4. The summed E-state index contributed by atoms with van der Waals surface area (Å²) in [4.78, 5) is 12.5.